The summed E-state index contributed by atoms with van der Waals surface area (Å²) in [5, 5.41) is 1.99. The summed E-state index contributed by atoms with van der Waals surface area (Å²) in [7, 11) is 0. The molecular formula is C15H17NO2S. The number of likely N-dealkylation sites (tertiary alicyclic amines) is 1. The van der Waals surface area contributed by atoms with Crippen LogP contribution in [0.25, 0.3) is 11.3 Å². The molecule has 1 fully saturated rings. The Bertz CT molecular complexity index is 536. The molecule has 0 aliphatic carbocycles. The molecule has 3 rings (SSSR count). The zero-order valence-electron chi connectivity index (χ0n) is 10.8. The van der Waals surface area contributed by atoms with E-state index in [1.807, 2.05) is 28.5 Å². The predicted molar refractivity (Wildman–Crippen MR) is 76.4 cm³/mol. The van der Waals surface area contributed by atoms with Crippen LogP contribution in [0, 0.1) is 0 Å². The van der Waals surface area contributed by atoms with Crippen LogP contribution in [-0.4, -0.2) is 23.9 Å². The van der Waals surface area contributed by atoms with Gasteiger partial charge < -0.3 is 9.32 Å². The predicted octanol–water partition coefficient (Wildman–Crippen LogP) is 4.02. The van der Waals surface area contributed by atoms with Crippen molar-refractivity contribution in [3.63, 3.8) is 0 Å². The summed E-state index contributed by atoms with van der Waals surface area (Å²) in [4.78, 5) is 15.2. The minimum absolute atomic E-state index is 0.171. The lowest BCUT2D eigenvalue weighted by molar-refractivity contribution is 0.0766. The van der Waals surface area contributed by atoms with Gasteiger partial charge in [-0.3, -0.25) is 4.79 Å². The fourth-order valence-corrected chi connectivity index (χ4v) is 3.31. The lowest BCUT2D eigenvalue weighted by Gasteiger charge is -2.19. The van der Waals surface area contributed by atoms with E-state index in [1.54, 1.807) is 6.26 Å². The zero-order chi connectivity index (χ0) is 13.1. The van der Waals surface area contributed by atoms with Crippen molar-refractivity contribution in [1.29, 1.82) is 0 Å². The Labute approximate surface area is 116 Å². The molecule has 2 aromatic rings. The number of amides is 1. The van der Waals surface area contributed by atoms with Gasteiger partial charge in [0.1, 0.15) is 5.76 Å². The minimum atomic E-state index is 0.171. The average Bonchev–Trinajstić information content (AvgIpc) is 3.04. The Morgan fingerprint density at radius 1 is 1.21 bits per heavy atom. The van der Waals surface area contributed by atoms with Crippen LogP contribution in [-0.2, 0) is 0 Å². The number of nitrogens with zero attached hydrogens (tertiary/aromatic N) is 1. The van der Waals surface area contributed by atoms with Crippen molar-refractivity contribution in [2.45, 2.75) is 25.7 Å². The van der Waals surface area contributed by atoms with Gasteiger partial charge in [-0.2, -0.15) is 0 Å². The fraction of sp³-hybridized carbons (Fsp3) is 0.400. The molecule has 0 N–H and O–H groups in total. The highest BCUT2D eigenvalue weighted by Crippen LogP contribution is 2.27. The van der Waals surface area contributed by atoms with Crippen molar-refractivity contribution in [2.24, 2.45) is 0 Å². The van der Waals surface area contributed by atoms with E-state index in [0.29, 0.717) is 0 Å². The first-order valence-electron chi connectivity index (χ1n) is 6.76. The first-order chi connectivity index (χ1) is 9.34. The quantitative estimate of drug-likeness (QED) is 0.829. The van der Waals surface area contributed by atoms with Gasteiger partial charge in [-0.15, -0.1) is 11.3 Å². The van der Waals surface area contributed by atoms with Gasteiger partial charge in [0.05, 0.1) is 11.1 Å². The van der Waals surface area contributed by atoms with Crippen LogP contribution in [0.5, 0.6) is 0 Å². The van der Waals surface area contributed by atoms with Gasteiger partial charge in [0.2, 0.25) is 0 Å². The summed E-state index contributed by atoms with van der Waals surface area (Å²) >= 11 is 1.51. The number of thiophene rings is 1. The molecule has 2 aromatic heterocycles. The molecule has 0 saturated carbocycles. The Morgan fingerprint density at radius 2 is 2.00 bits per heavy atom. The highest BCUT2D eigenvalue weighted by Gasteiger charge is 2.19. The maximum atomic E-state index is 12.4. The number of carbonyl (C=O) groups is 1. The first-order valence-corrected chi connectivity index (χ1v) is 7.64. The topological polar surface area (TPSA) is 33.5 Å². The van der Waals surface area contributed by atoms with Gasteiger partial charge in [0, 0.05) is 24.0 Å². The maximum Gasteiger partial charge on any atom is 0.263 e. The summed E-state index contributed by atoms with van der Waals surface area (Å²) in [6, 6.07) is 5.72. The van der Waals surface area contributed by atoms with E-state index >= 15 is 0 Å². The van der Waals surface area contributed by atoms with Crippen LogP contribution < -0.4 is 0 Å². The Balaban J connectivity index is 1.76. The lowest BCUT2D eigenvalue weighted by Crippen LogP contribution is -2.31. The van der Waals surface area contributed by atoms with Crippen molar-refractivity contribution in [3.8, 4) is 11.3 Å². The SMILES string of the molecule is O=C(c1cc(-c2ccco2)cs1)N1CCCCCC1. The van der Waals surface area contributed by atoms with Crippen molar-refractivity contribution in [2.75, 3.05) is 13.1 Å². The van der Waals surface area contributed by atoms with E-state index in [4.69, 9.17) is 4.42 Å². The average molecular weight is 275 g/mol. The van der Waals surface area contributed by atoms with Gasteiger partial charge >= 0.3 is 0 Å². The monoisotopic (exact) mass is 275 g/mol. The molecule has 1 aliphatic heterocycles. The van der Waals surface area contributed by atoms with Gasteiger partial charge in [0.25, 0.3) is 5.91 Å². The molecule has 0 atom stereocenters. The van der Waals surface area contributed by atoms with Gasteiger partial charge in [-0.05, 0) is 31.0 Å². The number of hydrogen-bond donors (Lipinski definition) is 0. The normalized spacial score (nSPS) is 16.3. The van der Waals surface area contributed by atoms with Crippen LogP contribution in [0.15, 0.2) is 34.3 Å². The molecule has 4 heteroatoms. The molecule has 0 radical (unpaired) electrons. The third-order valence-corrected chi connectivity index (χ3v) is 4.43. The molecule has 0 bridgehead atoms. The lowest BCUT2D eigenvalue weighted by atomic mass is 10.2. The van der Waals surface area contributed by atoms with Crippen LogP contribution in [0.1, 0.15) is 35.4 Å². The standard InChI is InChI=1S/C15H17NO2S/c17-15(16-7-3-1-2-4-8-16)14-10-12(11-19-14)13-6-5-9-18-13/h5-6,9-11H,1-4,7-8H2. The van der Waals surface area contributed by atoms with Crippen molar-refractivity contribution in [1.82, 2.24) is 4.90 Å². The molecule has 1 saturated heterocycles. The van der Waals surface area contributed by atoms with E-state index in [9.17, 15) is 4.79 Å². The molecule has 3 nitrogen and oxygen atoms in total. The molecule has 1 aliphatic rings. The minimum Gasteiger partial charge on any atom is -0.464 e. The molecule has 3 heterocycles. The fourth-order valence-electron chi connectivity index (χ4n) is 2.45. The smallest absolute Gasteiger partial charge is 0.263 e. The molecule has 0 spiro atoms. The van der Waals surface area contributed by atoms with E-state index < -0.39 is 0 Å². The molecule has 19 heavy (non-hydrogen) atoms. The molecule has 0 unspecified atom stereocenters. The number of hydrogen-bond acceptors (Lipinski definition) is 3. The van der Waals surface area contributed by atoms with Gasteiger partial charge in [-0.25, -0.2) is 0 Å². The second-order valence-corrected chi connectivity index (χ2v) is 5.79. The summed E-state index contributed by atoms with van der Waals surface area (Å²) in [6.07, 6.45) is 6.39. The first kappa shape index (κ1) is 12.5. The summed E-state index contributed by atoms with van der Waals surface area (Å²) in [5.41, 5.74) is 0.994. The van der Waals surface area contributed by atoms with Crippen LogP contribution in [0.4, 0.5) is 0 Å². The Morgan fingerprint density at radius 3 is 2.68 bits per heavy atom. The van der Waals surface area contributed by atoms with Gasteiger partial charge in [-0.1, -0.05) is 12.8 Å². The zero-order valence-corrected chi connectivity index (χ0v) is 11.6. The molecule has 0 aromatic carbocycles. The van der Waals surface area contributed by atoms with E-state index in [1.165, 1.54) is 24.2 Å². The summed E-state index contributed by atoms with van der Waals surface area (Å²) in [5.74, 6) is 0.996. The van der Waals surface area contributed by atoms with E-state index in [0.717, 1.165) is 42.1 Å². The molecule has 1 amide bonds. The van der Waals surface area contributed by atoms with Crippen molar-refractivity contribution in [3.05, 3.63) is 34.7 Å². The number of furan rings is 1. The number of rotatable bonds is 2. The second kappa shape index (κ2) is 5.61. The van der Waals surface area contributed by atoms with Gasteiger partial charge in [0.15, 0.2) is 0 Å². The van der Waals surface area contributed by atoms with Crippen LogP contribution in [0.3, 0.4) is 0 Å². The molecule has 100 valence electrons. The highest BCUT2D eigenvalue weighted by atomic mass is 32.1. The number of carbonyl (C=O) groups excluding carboxylic acids is 1. The largest absolute Gasteiger partial charge is 0.464 e. The Kier molecular flexibility index (Phi) is 3.69. The van der Waals surface area contributed by atoms with Crippen LogP contribution in [0.2, 0.25) is 0 Å². The molecular weight excluding hydrogens is 258 g/mol. The van der Waals surface area contributed by atoms with Crippen LogP contribution >= 0.6 is 11.3 Å². The highest BCUT2D eigenvalue weighted by molar-refractivity contribution is 7.12. The summed E-state index contributed by atoms with van der Waals surface area (Å²) < 4.78 is 5.36. The van der Waals surface area contributed by atoms with Crippen molar-refractivity contribution >= 4 is 17.2 Å². The Hall–Kier alpha value is -1.55. The summed E-state index contributed by atoms with van der Waals surface area (Å²) in [6.45, 7) is 1.79. The third kappa shape index (κ3) is 2.73. The second-order valence-electron chi connectivity index (χ2n) is 4.88. The van der Waals surface area contributed by atoms with Crippen molar-refractivity contribution < 1.29 is 9.21 Å². The van der Waals surface area contributed by atoms with E-state index in [-0.39, 0.29) is 5.91 Å². The third-order valence-electron chi connectivity index (χ3n) is 3.51. The maximum absolute atomic E-state index is 12.4. The van der Waals surface area contributed by atoms with E-state index in [2.05, 4.69) is 0 Å².